The number of rotatable bonds is 4. The number of hydrogen-bond donors (Lipinski definition) is 2. The van der Waals surface area contributed by atoms with E-state index in [2.05, 4.69) is 10.3 Å². The van der Waals surface area contributed by atoms with Gasteiger partial charge in [0.05, 0.1) is 0 Å². The predicted octanol–water partition coefficient (Wildman–Crippen LogP) is 3.68. The number of nitrogens with zero attached hydrogens (tertiary/aromatic N) is 1. The highest BCUT2D eigenvalue weighted by Crippen LogP contribution is 2.41. The van der Waals surface area contributed by atoms with Crippen LogP contribution in [-0.4, -0.2) is 23.4 Å². The molecule has 0 bridgehead atoms. The second-order valence-corrected chi connectivity index (χ2v) is 5.90. The van der Waals surface area contributed by atoms with E-state index >= 15 is 0 Å². The Morgan fingerprint density at radius 2 is 2.00 bits per heavy atom. The Hall–Kier alpha value is -1.84. The standard InChI is InChI=1S/C18H19ClN2O/c1-13-6-4-7-14(12-13)18(22)15-8-2-3-9-16(15)21-17(18)20-11-5-10-19/h2-4,6-9,12,22H,5,10-11H2,1H3,(H,20,21). The summed E-state index contributed by atoms with van der Waals surface area (Å²) < 4.78 is 0. The lowest BCUT2D eigenvalue weighted by atomic mass is 9.86. The lowest BCUT2D eigenvalue weighted by Gasteiger charge is -2.25. The minimum absolute atomic E-state index is 0.562. The zero-order valence-corrected chi connectivity index (χ0v) is 13.3. The van der Waals surface area contributed by atoms with E-state index in [4.69, 9.17) is 11.6 Å². The molecule has 1 aliphatic heterocycles. The highest BCUT2D eigenvalue weighted by Gasteiger charge is 2.44. The first kappa shape index (κ1) is 15.1. The Kier molecular flexibility index (Phi) is 4.19. The van der Waals surface area contributed by atoms with Crippen molar-refractivity contribution in [1.82, 2.24) is 0 Å². The summed E-state index contributed by atoms with van der Waals surface area (Å²) in [5, 5.41) is 14.7. The molecule has 0 saturated heterocycles. The van der Waals surface area contributed by atoms with Crippen LogP contribution in [0, 0.1) is 6.92 Å². The first-order valence-corrected chi connectivity index (χ1v) is 7.96. The summed E-state index contributed by atoms with van der Waals surface area (Å²) in [5.41, 5.74) is 2.45. The van der Waals surface area contributed by atoms with Gasteiger partial charge in [0, 0.05) is 23.7 Å². The summed E-state index contributed by atoms with van der Waals surface area (Å²) in [5.74, 6) is 1.14. The SMILES string of the molecule is Cc1cccc(C2(O)C(=NCCCCl)Nc3ccccc32)c1. The van der Waals surface area contributed by atoms with Crippen molar-refractivity contribution in [2.75, 3.05) is 17.7 Å². The van der Waals surface area contributed by atoms with Crippen LogP contribution in [0.2, 0.25) is 0 Å². The number of fused-ring (bicyclic) bond motifs is 1. The molecule has 0 aromatic heterocycles. The summed E-state index contributed by atoms with van der Waals surface area (Å²) in [4.78, 5) is 4.56. The monoisotopic (exact) mass is 314 g/mol. The Labute approximate surface area is 135 Å². The summed E-state index contributed by atoms with van der Waals surface area (Å²) >= 11 is 5.73. The number of aliphatic hydroxyl groups is 1. The molecule has 4 heteroatoms. The lowest BCUT2D eigenvalue weighted by Crippen LogP contribution is -2.36. The summed E-state index contributed by atoms with van der Waals surface area (Å²) in [6.45, 7) is 2.61. The van der Waals surface area contributed by atoms with Crippen LogP contribution in [0.15, 0.2) is 53.5 Å². The number of aryl methyl sites for hydroxylation is 1. The van der Waals surface area contributed by atoms with E-state index in [0.29, 0.717) is 18.3 Å². The van der Waals surface area contributed by atoms with E-state index in [1.165, 1.54) is 0 Å². The molecule has 1 aliphatic rings. The fourth-order valence-electron chi connectivity index (χ4n) is 2.82. The lowest BCUT2D eigenvalue weighted by molar-refractivity contribution is 0.160. The van der Waals surface area contributed by atoms with Gasteiger partial charge in [0.2, 0.25) is 0 Å². The van der Waals surface area contributed by atoms with E-state index in [0.717, 1.165) is 28.8 Å². The van der Waals surface area contributed by atoms with Gasteiger partial charge in [-0.3, -0.25) is 4.99 Å². The number of para-hydroxylation sites is 1. The van der Waals surface area contributed by atoms with Gasteiger partial charge in [-0.1, -0.05) is 48.0 Å². The highest BCUT2D eigenvalue weighted by molar-refractivity contribution is 6.17. The maximum absolute atomic E-state index is 11.5. The van der Waals surface area contributed by atoms with E-state index in [9.17, 15) is 5.11 Å². The van der Waals surface area contributed by atoms with Gasteiger partial charge in [-0.2, -0.15) is 0 Å². The first-order chi connectivity index (χ1) is 10.7. The molecule has 2 aromatic carbocycles. The van der Waals surface area contributed by atoms with E-state index in [1.54, 1.807) is 0 Å². The van der Waals surface area contributed by atoms with Gasteiger partial charge in [-0.05, 0) is 25.0 Å². The third kappa shape index (κ3) is 2.51. The molecule has 0 saturated carbocycles. The molecule has 0 radical (unpaired) electrons. The first-order valence-electron chi connectivity index (χ1n) is 7.43. The van der Waals surface area contributed by atoms with Crippen molar-refractivity contribution < 1.29 is 5.11 Å². The number of aliphatic imine (C=N–C) groups is 1. The van der Waals surface area contributed by atoms with E-state index in [-0.39, 0.29) is 0 Å². The van der Waals surface area contributed by atoms with Crippen molar-refractivity contribution in [3.05, 3.63) is 65.2 Å². The van der Waals surface area contributed by atoms with Crippen LogP contribution in [0.5, 0.6) is 0 Å². The second kappa shape index (κ2) is 6.11. The summed E-state index contributed by atoms with van der Waals surface area (Å²) in [6, 6.07) is 15.7. The van der Waals surface area contributed by atoms with Crippen LogP contribution in [-0.2, 0) is 5.60 Å². The molecule has 3 rings (SSSR count). The number of benzene rings is 2. The number of alkyl halides is 1. The topological polar surface area (TPSA) is 44.6 Å². The molecule has 114 valence electrons. The molecule has 0 fully saturated rings. The molecular formula is C18H19ClN2O. The van der Waals surface area contributed by atoms with Gasteiger partial charge >= 0.3 is 0 Å². The smallest absolute Gasteiger partial charge is 0.174 e. The largest absolute Gasteiger partial charge is 0.373 e. The van der Waals surface area contributed by atoms with Crippen LogP contribution in [0.4, 0.5) is 5.69 Å². The number of halogens is 1. The third-order valence-corrected chi connectivity index (χ3v) is 4.18. The molecule has 2 N–H and O–H groups in total. The Balaban J connectivity index is 2.12. The number of nitrogens with one attached hydrogen (secondary N) is 1. The van der Waals surface area contributed by atoms with Gasteiger partial charge in [0.1, 0.15) is 5.84 Å². The molecule has 1 heterocycles. The minimum Gasteiger partial charge on any atom is -0.373 e. The Bertz CT molecular complexity index is 714. The molecule has 0 spiro atoms. The average molecular weight is 315 g/mol. The fourth-order valence-corrected chi connectivity index (χ4v) is 2.94. The third-order valence-electron chi connectivity index (χ3n) is 3.91. The van der Waals surface area contributed by atoms with Crippen LogP contribution in [0.25, 0.3) is 0 Å². The van der Waals surface area contributed by atoms with Crippen molar-refractivity contribution in [2.45, 2.75) is 18.9 Å². The zero-order valence-electron chi connectivity index (χ0n) is 12.5. The number of anilines is 1. The molecule has 22 heavy (non-hydrogen) atoms. The van der Waals surface area contributed by atoms with Crippen molar-refractivity contribution in [3.8, 4) is 0 Å². The molecular weight excluding hydrogens is 296 g/mol. The van der Waals surface area contributed by atoms with Gasteiger partial charge in [0.15, 0.2) is 5.60 Å². The minimum atomic E-state index is -1.23. The molecule has 0 aliphatic carbocycles. The summed E-state index contributed by atoms with van der Waals surface area (Å²) in [6.07, 6.45) is 0.785. The molecule has 1 unspecified atom stereocenters. The van der Waals surface area contributed by atoms with Crippen LogP contribution in [0.1, 0.15) is 23.1 Å². The van der Waals surface area contributed by atoms with Crippen LogP contribution < -0.4 is 5.32 Å². The van der Waals surface area contributed by atoms with Crippen LogP contribution >= 0.6 is 11.6 Å². The van der Waals surface area contributed by atoms with Gasteiger partial charge in [0.25, 0.3) is 0 Å². The second-order valence-electron chi connectivity index (χ2n) is 5.52. The Morgan fingerprint density at radius 3 is 2.77 bits per heavy atom. The fraction of sp³-hybridized carbons (Fsp3) is 0.278. The number of amidine groups is 1. The van der Waals surface area contributed by atoms with E-state index in [1.807, 2.05) is 55.5 Å². The Morgan fingerprint density at radius 1 is 1.18 bits per heavy atom. The van der Waals surface area contributed by atoms with Crippen molar-refractivity contribution in [3.63, 3.8) is 0 Å². The quantitative estimate of drug-likeness (QED) is 0.668. The zero-order chi connectivity index (χ0) is 15.6. The molecule has 2 aromatic rings. The van der Waals surface area contributed by atoms with Gasteiger partial charge < -0.3 is 10.4 Å². The summed E-state index contributed by atoms with van der Waals surface area (Å²) in [7, 11) is 0. The van der Waals surface area contributed by atoms with Crippen molar-refractivity contribution in [2.24, 2.45) is 4.99 Å². The van der Waals surface area contributed by atoms with Crippen molar-refractivity contribution in [1.29, 1.82) is 0 Å². The highest BCUT2D eigenvalue weighted by atomic mass is 35.5. The van der Waals surface area contributed by atoms with Crippen molar-refractivity contribution >= 4 is 23.1 Å². The average Bonchev–Trinajstić information content (AvgIpc) is 2.82. The molecule has 3 nitrogen and oxygen atoms in total. The predicted molar refractivity (Wildman–Crippen MR) is 91.9 cm³/mol. The molecule has 1 atom stereocenters. The maximum Gasteiger partial charge on any atom is 0.174 e. The maximum atomic E-state index is 11.5. The van der Waals surface area contributed by atoms with E-state index < -0.39 is 5.60 Å². The van der Waals surface area contributed by atoms with Gasteiger partial charge in [-0.25, -0.2) is 0 Å². The van der Waals surface area contributed by atoms with Crippen LogP contribution in [0.3, 0.4) is 0 Å². The normalized spacial score (nSPS) is 21.7. The molecule has 0 amide bonds. The number of hydrogen-bond acceptors (Lipinski definition) is 2. The van der Waals surface area contributed by atoms with Gasteiger partial charge in [-0.15, -0.1) is 11.6 Å².